The van der Waals surface area contributed by atoms with Crippen LogP contribution in [0.25, 0.3) is 0 Å². The van der Waals surface area contributed by atoms with Crippen LogP contribution in [0.3, 0.4) is 0 Å². The minimum Gasteiger partial charge on any atom is -0.453 e. The quantitative estimate of drug-likeness (QED) is 0.253. The minimum absolute atomic E-state index is 0.214. The zero-order valence-electron chi connectivity index (χ0n) is 12.4. The molecule has 0 fully saturated rings. The lowest BCUT2D eigenvalue weighted by atomic mass is 10.1. The lowest BCUT2D eigenvalue weighted by molar-refractivity contribution is -0.152. The number of amides is 3. The molecule has 130 valence electrons. The summed E-state index contributed by atoms with van der Waals surface area (Å²) in [5, 5.41) is 0. The fourth-order valence-corrected chi connectivity index (χ4v) is 6.00. The number of nitrogens with one attached hydrogen (secondary N) is 2. The Bertz CT molecular complexity index is 723. The Kier molecular flexibility index (Phi) is 8.10. The van der Waals surface area contributed by atoms with Crippen molar-refractivity contribution in [2.75, 3.05) is 0 Å². The van der Waals surface area contributed by atoms with Gasteiger partial charge in [-0.3, -0.25) is 30.0 Å². The molecule has 4 N–H and O–H groups in total. The molecule has 0 radical (unpaired) electrons. The second kappa shape index (κ2) is 9.12. The number of benzene rings is 1. The first-order chi connectivity index (χ1) is 11.1. The van der Waals surface area contributed by atoms with Gasteiger partial charge in [0, 0.05) is 17.6 Å². The van der Waals surface area contributed by atoms with Crippen LogP contribution in [0.2, 0.25) is 0 Å². The maximum atomic E-state index is 12.3. The van der Waals surface area contributed by atoms with E-state index in [9.17, 15) is 19.2 Å². The van der Waals surface area contributed by atoms with Crippen molar-refractivity contribution in [3.8, 4) is 0 Å². The van der Waals surface area contributed by atoms with Crippen molar-refractivity contribution < 1.29 is 23.9 Å². The summed E-state index contributed by atoms with van der Waals surface area (Å²) in [4.78, 5) is 46.4. The number of primary amides is 1. The molecule has 1 rings (SSSR count). The maximum Gasteiger partial charge on any atom is 0.303 e. The number of hydrogen-bond donors (Lipinski definition) is 3. The molecule has 3 amide bonds. The topological polar surface area (TPSA) is 128 Å². The molecule has 0 saturated carbocycles. The number of hydrazine groups is 1. The van der Waals surface area contributed by atoms with Crippen LogP contribution in [-0.2, 0) is 14.3 Å². The van der Waals surface area contributed by atoms with Crippen molar-refractivity contribution in [1.29, 1.82) is 0 Å². The zero-order chi connectivity index (χ0) is 18.6. The number of esters is 1. The highest BCUT2D eigenvalue weighted by atomic mass is 127. The standard InChI is InChI=1S/C13H12I3N3O5/c1-4(24-5(2)20)12(22)18-19-13(23)9-7(15)3-6(14)8(10(9)16)11(17)21/h3-4H,1-2H3,(H2,17,21)(H,18,22)(H,19,23). The highest BCUT2D eigenvalue weighted by Gasteiger charge is 2.23. The Balaban J connectivity index is 2.97. The summed E-state index contributed by atoms with van der Waals surface area (Å²) in [5.41, 5.74) is 10.2. The predicted octanol–water partition coefficient (Wildman–Crippen LogP) is 1.31. The number of hydrogen-bond acceptors (Lipinski definition) is 5. The van der Waals surface area contributed by atoms with Crippen molar-refractivity contribution in [1.82, 2.24) is 10.9 Å². The maximum absolute atomic E-state index is 12.3. The number of carbonyl (C=O) groups excluding carboxylic acids is 4. The van der Waals surface area contributed by atoms with Crippen molar-refractivity contribution in [2.45, 2.75) is 20.0 Å². The molecule has 1 unspecified atom stereocenters. The van der Waals surface area contributed by atoms with Crippen LogP contribution in [-0.4, -0.2) is 29.8 Å². The predicted molar refractivity (Wildman–Crippen MR) is 110 cm³/mol. The number of nitrogens with two attached hydrogens (primary N) is 1. The van der Waals surface area contributed by atoms with Gasteiger partial charge in [0.2, 0.25) is 0 Å². The van der Waals surface area contributed by atoms with Gasteiger partial charge in [0.1, 0.15) is 0 Å². The molecule has 11 heteroatoms. The molecule has 8 nitrogen and oxygen atoms in total. The summed E-state index contributed by atoms with van der Waals surface area (Å²) in [6.45, 7) is 2.54. The third kappa shape index (κ3) is 5.40. The molecule has 0 aromatic heterocycles. The molecule has 0 spiro atoms. The normalized spacial score (nSPS) is 11.4. The summed E-state index contributed by atoms with van der Waals surface area (Å²) in [5.74, 6) is -2.58. The van der Waals surface area contributed by atoms with Gasteiger partial charge < -0.3 is 10.5 Å². The van der Waals surface area contributed by atoms with Crippen molar-refractivity contribution in [2.24, 2.45) is 5.73 Å². The summed E-state index contributed by atoms with van der Waals surface area (Å²) < 4.78 is 6.29. The van der Waals surface area contributed by atoms with Gasteiger partial charge in [0.25, 0.3) is 17.7 Å². The van der Waals surface area contributed by atoms with E-state index in [0.29, 0.717) is 10.7 Å². The van der Waals surface area contributed by atoms with Gasteiger partial charge >= 0.3 is 5.97 Å². The first-order valence-electron chi connectivity index (χ1n) is 6.31. The van der Waals surface area contributed by atoms with E-state index in [2.05, 4.69) is 10.9 Å². The van der Waals surface area contributed by atoms with E-state index in [1.165, 1.54) is 13.8 Å². The first kappa shape index (κ1) is 21.3. The van der Waals surface area contributed by atoms with Gasteiger partial charge in [-0.1, -0.05) is 0 Å². The summed E-state index contributed by atoms with van der Waals surface area (Å²) in [7, 11) is 0. The molecular weight excluding hydrogens is 659 g/mol. The average Bonchev–Trinajstić information content (AvgIpc) is 2.42. The van der Waals surface area contributed by atoms with E-state index in [0.717, 1.165) is 0 Å². The van der Waals surface area contributed by atoms with E-state index in [1.54, 1.807) is 6.07 Å². The third-order valence-corrected chi connectivity index (χ3v) is 5.44. The van der Waals surface area contributed by atoms with Crippen LogP contribution in [0.1, 0.15) is 34.6 Å². The second-order valence-electron chi connectivity index (χ2n) is 4.46. The Hall–Kier alpha value is -0.710. The van der Waals surface area contributed by atoms with Crippen molar-refractivity contribution >= 4 is 91.5 Å². The summed E-state index contributed by atoms with van der Waals surface area (Å²) in [6, 6.07) is 1.64. The number of halogens is 3. The highest BCUT2D eigenvalue weighted by molar-refractivity contribution is 14.1. The average molecular weight is 671 g/mol. The molecule has 0 aliphatic rings. The van der Waals surface area contributed by atoms with Crippen LogP contribution < -0.4 is 16.6 Å². The molecule has 0 heterocycles. The molecule has 1 aromatic rings. The Morgan fingerprint density at radius 2 is 1.62 bits per heavy atom. The van der Waals surface area contributed by atoms with E-state index in [4.69, 9.17) is 10.5 Å². The molecule has 0 aliphatic heterocycles. The largest absolute Gasteiger partial charge is 0.453 e. The minimum atomic E-state index is -1.06. The van der Waals surface area contributed by atoms with Gasteiger partial charge in [-0.05, 0) is 80.8 Å². The molecule has 1 aromatic carbocycles. The summed E-state index contributed by atoms with van der Waals surface area (Å²) >= 11 is 5.76. The Morgan fingerprint density at radius 1 is 1.08 bits per heavy atom. The SMILES string of the molecule is CC(=O)OC(C)C(=O)NNC(=O)c1c(I)cc(I)c(C(N)=O)c1I. The van der Waals surface area contributed by atoms with Gasteiger partial charge in [-0.25, -0.2) is 0 Å². The first-order valence-corrected chi connectivity index (χ1v) is 9.54. The molecule has 0 aliphatic carbocycles. The van der Waals surface area contributed by atoms with E-state index < -0.39 is 29.8 Å². The van der Waals surface area contributed by atoms with Crippen LogP contribution in [0.5, 0.6) is 0 Å². The molecule has 0 saturated heterocycles. The van der Waals surface area contributed by atoms with E-state index in [1.807, 2.05) is 67.8 Å². The third-order valence-electron chi connectivity index (χ3n) is 2.65. The van der Waals surface area contributed by atoms with Crippen LogP contribution in [0, 0.1) is 10.7 Å². The van der Waals surface area contributed by atoms with Gasteiger partial charge in [0.15, 0.2) is 6.10 Å². The van der Waals surface area contributed by atoms with E-state index >= 15 is 0 Å². The monoisotopic (exact) mass is 671 g/mol. The lowest BCUT2D eigenvalue weighted by Gasteiger charge is -2.15. The smallest absolute Gasteiger partial charge is 0.303 e. The second-order valence-corrected chi connectivity index (χ2v) is 7.87. The highest BCUT2D eigenvalue weighted by Crippen LogP contribution is 2.27. The Labute approximate surface area is 178 Å². The number of carbonyl (C=O) groups is 4. The van der Waals surface area contributed by atoms with Crippen LogP contribution in [0.15, 0.2) is 6.07 Å². The zero-order valence-corrected chi connectivity index (χ0v) is 18.9. The fourth-order valence-electron chi connectivity index (χ4n) is 1.61. The van der Waals surface area contributed by atoms with Crippen molar-refractivity contribution in [3.63, 3.8) is 0 Å². The summed E-state index contributed by atoms with van der Waals surface area (Å²) in [6.07, 6.45) is -1.06. The number of ether oxygens (including phenoxy) is 1. The molecule has 1 atom stereocenters. The van der Waals surface area contributed by atoms with Crippen LogP contribution in [0.4, 0.5) is 0 Å². The Morgan fingerprint density at radius 3 is 2.12 bits per heavy atom. The van der Waals surface area contributed by atoms with Gasteiger partial charge in [0.05, 0.1) is 11.1 Å². The molecule has 0 bridgehead atoms. The molecular formula is C13H12I3N3O5. The molecule has 24 heavy (non-hydrogen) atoms. The van der Waals surface area contributed by atoms with Crippen molar-refractivity contribution in [3.05, 3.63) is 27.9 Å². The van der Waals surface area contributed by atoms with Crippen LogP contribution >= 0.6 is 67.8 Å². The lowest BCUT2D eigenvalue weighted by Crippen LogP contribution is -2.47. The van der Waals surface area contributed by atoms with E-state index in [-0.39, 0.29) is 11.1 Å². The fraction of sp³-hybridized carbons (Fsp3) is 0.231. The van der Waals surface area contributed by atoms with Gasteiger partial charge in [-0.15, -0.1) is 0 Å². The van der Waals surface area contributed by atoms with Gasteiger partial charge in [-0.2, -0.15) is 0 Å². The number of rotatable bonds is 4.